The first kappa shape index (κ1) is 19.5. The first-order chi connectivity index (χ1) is 14.1. The predicted molar refractivity (Wildman–Crippen MR) is 111 cm³/mol. The molecule has 0 N–H and O–H groups in total. The van der Waals surface area contributed by atoms with Gasteiger partial charge in [-0.15, -0.1) is 0 Å². The van der Waals surface area contributed by atoms with Crippen LogP contribution in [0.1, 0.15) is 42.6 Å². The summed E-state index contributed by atoms with van der Waals surface area (Å²) < 4.78 is 16.7. The monoisotopic (exact) mass is 412 g/mol. The average molecular weight is 413 g/mol. The Balaban J connectivity index is 1.77. The van der Waals surface area contributed by atoms with Crippen molar-refractivity contribution in [2.45, 2.75) is 38.7 Å². The summed E-state index contributed by atoms with van der Waals surface area (Å²) in [5.74, 6) is -0.248. The van der Waals surface area contributed by atoms with Crippen LogP contribution in [-0.4, -0.2) is 12.6 Å². The maximum absolute atomic E-state index is 12.5. The fraction of sp³-hybridized carbons (Fsp3) is 0.304. The maximum atomic E-state index is 12.5. The molecule has 0 aliphatic heterocycles. The minimum absolute atomic E-state index is 0.234. The Hall–Kier alpha value is -2.79. The molecule has 0 spiro atoms. The van der Waals surface area contributed by atoms with Gasteiger partial charge >= 0.3 is 11.6 Å². The molecule has 150 valence electrons. The van der Waals surface area contributed by atoms with E-state index in [1.165, 1.54) is 0 Å². The van der Waals surface area contributed by atoms with Crippen molar-refractivity contribution in [3.8, 4) is 5.75 Å². The van der Waals surface area contributed by atoms with Crippen LogP contribution in [0.25, 0.3) is 11.0 Å². The van der Waals surface area contributed by atoms with Crippen LogP contribution in [0.3, 0.4) is 0 Å². The number of fused-ring (bicyclic) bond motifs is 3. The third kappa shape index (κ3) is 3.87. The summed E-state index contributed by atoms with van der Waals surface area (Å²) in [7, 11) is 0. The predicted octanol–water partition coefficient (Wildman–Crippen LogP) is 5.01. The highest BCUT2D eigenvalue weighted by Crippen LogP contribution is 2.36. The zero-order chi connectivity index (χ0) is 20.4. The Morgan fingerprint density at radius 1 is 1.14 bits per heavy atom. The van der Waals surface area contributed by atoms with Gasteiger partial charge in [0.15, 0.2) is 0 Å². The quantitative estimate of drug-likeness (QED) is 0.435. The standard InChI is InChI=1S/C23H21ClO5/c1-2-27-23(26)21(14-8-4-3-5-9-14)28-20-13-19-17(12-18(20)24)15-10-6-7-11-16(15)22(25)29-19/h3-5,8-9,12-13,21H,2,6-7,10-11H2,1H3/t21-/m1/s1. The lowest BCUT2D eigenvalue weighted by molar-refractivity contribution is -0.151. The molecule has 1 atom stereocenters. The second kappa shape index (κ2) is 8.29. The second-order valence-corrected chi connectivity index (χ2v) is 7.40. The van der Waals surface area contributed by atoms with Crippen molar-refractivity contribution in [3.05, 3.63) is 74.6 Å². The number of rotatable bonds is 5. The van der Waals surface area contributed by atoms with E-state index in [9.17, 15) is 9.59 Å². The van der Waals surface area contributed by atoms with E-state index in [2.05, 4.69) is 0 Å². The van der Waals surface area contributed by atoms with E-state index in [0.717, 1.165) is 42.2 Å². The summed E-state index contributed by atoms with van der Waals surface area (Å²) >= 11 is 6.50. The topological polar surface area (TPSA) is 65.7 Å². The number of aryl methyl sites for hydroxylation is 1. The number of carbonyl (C=O) groups excluding carboxylic acids is 1. The van der Waals surface area contributed by atoms with Crippen molar-refractivity contribution >= 4 is 28.5 Å². The largest absolute Gasteiger partial charge is 0.472 e. The van der Waals surface area contributed by atoms with Crippen LogP contribution in [-0.2, 0) is 22.4 Å². The molecule has 0 saturated heterocycles. The summed E-state index contributed by atoms with van der Waals surface area (Å²) in [4.78, 5) is 24.9. The summed E-state index contributed by atoms with van der Waals surface area (Å²) in [5, 5.41) is 1.17. The fourth-order valence-electron chi connectivity index (χ4n) is 3.76. The van der Waals surface area contributed by atoms with E-state index in [1.807, 2.05) is 18.2 Å². The highest BCUT2D eigenvalue weighted by atomic mass is 35.5. The number of hydrogen-bond donors (Lipinski definition) is 0. The van der Waals surface area contributed by atoms with E-state index < -0.39 is 12.1 Å². The molecule has 3 aromatic rings. The molecule has 1 heterocycles. The summed E-state index contributed by atoms with van der Waals surface area (Å²) in [6.07, 6.45) is 2.58. The number of ether oxygens (including phenoxy) is 2. The maximum Gasteiger partial charge on any atom is 0.352 e. The molecule has 4 rings (SSSR count). The first-order valence-corrected chi connectivity index (χ1v) is 10.1. The van der Waals surface area contributed by atoms with E-state index in [4.69, 9.17) is 25.5 Å². The van der Waals surface area contributed by atoms with E-state index in [1.54, 1.807) is 31.2 Å². The van der Waals surface area contributed by atoms with Crippen LogP contribution < -0.4 is 10.4 Å². The number of halogens is 1. The minimum atomic E-state index is -0.976. The molecule has 1 aromatic heterocycles. The van der Waals surface area contributed by atoms with Crippen LogP contribution >= 0.6 is 11.6 Å². The molecule has 5 nitrogen and oxygen atoms in total. The SMILES string of the molecule is CCOC(=O)[C@H](Oc1cc2oc(=O)c3c(c2cc1Cl)CCCC3)c1ccccc1. The van der Waals surface area contributed by atoms with Crippen molar-refractivity contribution < 1.29 is 18.7 Å². The Morgan fingerprint density at radius 2 is 1.86 bits per heavy atom. The van der Waals surface area contributed by atoms with Crippen LogP contribution in [0.15, 0.2) is 51.7 Å². The molecule has 29 heavy (non-hydrogen) atoms. The van der Waals surface area contributed by atoms with Gasteiger partial charge in [-0.25, -0.2) is 9.59 Å². The van der Waals surface area contributed by atoms with E-state index in [-0.39, 0.29) is 18.0 Å². The highest BCUT2D eigenvalue weighted by molar-refractivity contribution is 6.32. The number of esters is 1. The van der Waals surface area contributed by atoms with Gasteiger partial charge in [-0.05, 0) is 44.2 Å². The van der Waals surface area contributed by atoms with Crippen molar-refractivity contribution in [3.63, 3.8) is 0 Å². The van der Waals surface area contributed by atoms with E-state index >= 15 is 0 Å². The lowest BCUT2D eigenvalue weighted by Gasteiger charge is -2.20. The van der Waals surface area contributed by atoms with E-state index in [0.29, 0.717) is 16.2 Å². The fourth-order valence-corrected chi connectivity index (χ4v) is 3.97. The van der Waals surface area contributed by atoms with Gasteiger partial charge < -0.3 is 13.9 Å². The third-order valence-electron chi connectivity index (χ3n) is 5.12. The highest BCUT2D eigenvalue weighted by Gasteiger charge is 2.26. The number of hydrogen-bond acceptors (Lipinski definition) is 5. The molecule has 1 aliphatic rings. The summed E-state index contributed by atoms with van der Waals surface area (Å²) in [5.41, 5.74) is 2.48. The molecular weight excluding hydrogens is 392 g/mol. The zero-order valence-electron chi connectivity index (χ0n) is 16.1. The van der Waals surface area contributed by atoms with Gasteiger partial charge in [-0.2, -0.15) is 0 Å². The Labute approximate surface area is 173 Å². The zero-order valence-corrected chi connectivity index (χ0v) is 16.8. The molecule has 0 fully saturated rings. The van der Waals surface area contributed by atoms with Crippen LogP contribution in [0, 0.1) is 0 Å². The molecule has 0 unspecified atom stereocenters. The van der Waals surface area contributed by atoms with Crippen molar-refractivity contribution in [2.75, 3.05) is 6.61 Å². The summed E-state index contributed by atoms with van der Waals surface area (Å²) in [6.45, 7) is 1.97. The molecule has 0 saturated carbocycles. The van der Waals surface area contributed by atoms with Crippen LogP contribution in [0.5, 0.6) is 5.75 Å². The average Bonchev–Trinajstić information content (AvgIpc) is 2.74. The van der Waals surface area contributed by atoms with Gasteiger partial charge in [0.05, 0.1) is 11.6 Å². The smallest absolute Gasteiger partial charge is 0.352 e. The van der Waals surface area contributed by atoms with Crippen molar-refractivity contribution in [1.82, 2.24) is 0 Å². The molecule has 2 aromatic carbocycles. The van der Waals surface area contributed by atoms with Gasteiger partial charge in [0.1, 0.15) is 11.3 Å². The molecule has 0 bridgehead atoms. The molecule has 0 radical (unpaired) electrons. The molecule has 0 amide bonds. The Kier molecular flexibility index (Phi) is 5.58. The Bertz CT molecular complexity index is 1100. The number of carbonyl (C=O) groups is 1. The van der Waals surface area contributed by atoms with Gasteiger partial charge in [0.25, 0.3) is 0 Å². The first-order valence-electron chi connectivity index (χ1n) is 9.75. The lowest BCUT2D eigenvalue weighted by atomic mass is 9.90. The second-order valence-electron chi connectivity index (χ2n) is 6.99. The Morgan fingerprint density at radius 3 is 2.59 bits per heavy atom. The van der Waals surface area contributed by atoms with Gasteiger partial charge in [0.2, 0.25) is 6.10 Å². The number of benzene rings is 2. The van der Waals surface area contributed by atoms with Gasteiger partial charge in [-0.1, -0.05) is 41.9 Å². The molecule has 6 heteroatoms. The lowest BCUT2D eigenvalue weighted by Crippen LogP contribution is -2.21. The molecule has 1 aliphatic carbocycles. The van der Waals surface area contributed by atoms with Crippen molar-refractivity contribution in [1.29, 1.82) is 0 Å². The van der Waals surface area contributed by atoms with Crippen LogP contribution in [0.4, 0.5) is 0 Å². The summed E-state index contributed by atoms with van der Waals surface area (Å²) in [6, 6.07) is 12.4. The van der Waals surface area contributed by atoms with Gasteiger partial charge in [0, 0.05) is 22.6 Å². The van der Waals surface area contributed by atoms with Crippen LogP contribution in [0.2, 0.25) is 5.02 Å². The molecular formula is C23H21ClO5. The normalized spacial score (nSPS) is 14.3. The van der Waals surface area contributed by atoms with Gasteiger partial charge in [-0.3, -0.25) is 0 Å². The van der Waals surface area contributed by atoms with Crippen molar-refractivity contribution in [2.24, 2.45) is 0 Å². The minimum Gasteiger partial charge on any atom is -0.472 e. The third-order valence-corrected chi connectivity index (χ3v) is 5.42.